The highest BCUT2D eigenvalue weighted by atomic mass is 35.5. The highest BCUT2D eigenvalue weighted by molar-refractivity contribution is 6.37. The molecule has 10 heteroatoms. The van der Waals surface area contributed by atoms with Crippen LogP contribution in [0, 0.1) is 6.92 Å². The molecule has 2 aromatic heterocycles. The van der Waals surface area contributed by atoms with E-state index in [0.29, 0.717) is 5.75 Å². The maximum absolute atomic E-state index is 12.1. The Hall–Kier alpha value is -3.36. The van der Waals surface area contributed by atoms with Gasteiger partial charge in [0, 0.05) is 11.1 Å². The third-order valence-electron chi connectivity index (χ3n) is 4.70. The summed E-state index contributed by atoms with van der Waals surface area (Å²) >= 11 is 12.8. The number of aryl methyl sites for hydroxylation is 2. The minimum Gasteiger partial charge on any atom is -0.454 e. The van der Waals surface area contributed by atoms with Crippen LogP contribution >= 0.6 is 23.2 Å². The van der Waals surface area contributed by atoms with Crippen LogP contribution in [-0.2, 0) is 6.42 Å². The van der Waals surface area contributed by atoms with Crippen LogP contribution in [0.4, 0.5) is 5.82 Å². The molecule has 0 amide bonds. The quantitative estimate of drug-likeness (QED) is 0.477. The molecule has 0 saturated heterocycles. The number of nitrogens with two attached hydrogens (primary N) is 1. The number of aromatic amines is 1. The number of hydrogen-bond donors (Lipinski definition) is 2. The fourth-order valence-corrected chi connectivity index (χ4v) is 3.71. The SMILES string of the molecule is CCc1cc(C)c2cc(Oc3c(Cl)cc(-n4nc(N)c(=O)[nH]c4=O)cc3Cl)ccc2n1. The zero-order valence-electron chi connectivity index (χ0n) is 16.6. The Bertz CT molecular complexity index is 1420. The van der Waals surface area contributed by atoms with Gasteiger partial charge in [-0.1, -0.05) is 30.1 Å². The van der Waals surface area contributed by atoms with Crippen LogP contribution in [0.1, 0.15) is 18.2 Å². The maximum Gasteiger partial charge on any atom is 0.349 e. The van der Waals surface area contributed by atoms with Crippen LogP contribution in [0.3, 0.4) is 0 Å². The second kappa shape index (κ2) is 8.05. The van der Waals surface area contributed by atoms with E-state index in [0.717, 1.165) is 33.3 Å². The van der Waals surface area contributed by atoms with Gasteiger partial charge in [0.2, 0.25) is 5.82 Å². The van der Waals surface area contributed by atoms with Crippen LogP contribution in [-0.4, -0.2) is 19.7 Å². The number of ether oxygens (including phenoxy) is 1. The van der Waals surface area contributed by atoms with Gasteiger partial charge in [0.1, 0.15) is 5.75 Å². The van der Waals surface area contributed by atoms with E-state index in [1.807, 2.05) is 25.1 Å². The molecule has 3 N–H and O–H groups in total. The van der Waals surface area contributed by atoms with Crippen molar-refractivity contribution < 1.29 is 4.74 Å². The van der Waals surface area contributed by atoms with Crippen LogP contribution in [0.15, 0.2) is 46.0 Å². The lowest BCUT2D eigenvalue weighted by Crippen LogP contribution is -2.33. The van der Waals surface area contributed by atoms with Crippen molar-refractivity contribution >= 4 is 39.9 Å². The van der Waals surface area contributed by atoms with Gasteiger partial charge in [-0.05, 0) is 55.3 Å². The van der Waals surface area contributed by atoms with Crippen molar-refractivity contribution in [3.05, 3.63) is 78.5 Å². The molecule has 31 heavy (non-hydrogen) atoms. The van der Waals surface area contributed by atoms with Crippen LogP contribution in [0.5, 0.6) is 11.5 Å². The number of aromatic nitrogens is 4. The molecule has 0 unspecified atom stereocenters. The summed E-state index contributed by atoms with van der Waals surface area (Å²) in [4.78, 5) is 30.2. The fourth-order valence-electron chi connectivity index (χ4n) is 3.16. The molecule has 0 spiro atoms. The number of hydrogen-bond acceptors (Lipinski definition) is 6. The van der Waals surface area contributed by atoms with Crippen molar-refractivity contribution in [1.82, 2.24) is 19.7 Å². The first kappa shape index (κ1) is 20.9. The summed E-state index contributed by atoms with van der Waals surface area (Å²) in [5, 5.41) is 5.03. The van der Waals surface area contributed by atoms with Gasteiger partial charge in [-0.25, -0.2) is 4.79 Å². The number of fused-ring (bicyclic) bond motifs is 1. The third-order valence-corrected chi connectivity index (χ3v) is 5.26. The molecule has 0 aliphatic rings. The number of nitrogens with zero attached hydrogens (tertiary/aromatic N) is 3. The summed E-state index contributed by atoms with van der Waals surface area (Å²) in [6, 6.07) is 10.4. The highest BCUT2D eigenvalue weighted by Gasteiger charge is 2.15. The Balaban J connectivity index is 1.73. The van der Waals surface area contributed by atoms with Crippen molar-refractivity contribution in [3.8, 4) is 17.2 Å². The van der Waals surface area contributed by atoms with Gasteiger partial charge in [-0.3, -0.25) is 14.8 Å². The molecule has 158 valence electrons. The van der Waals surface area contributed by atoms with Gasteiger partial charge in [0.15, 0.2) is 5.75 Å². The normalized spacial score (nSPS) is 11.1. The number of nitrogens with one attached hydrogen (secondary N) is 1. The van der Waals surface area contributed by atoms with E-state index >= 15 is 0 Å². The zero-order chi connectivity index (χ0) is 22.3. The van der Waals surface area contributed by atoms with Gasteiger partial charge >= 0.3 is 5.69 Å². The van der Waals surface area contributed by atoms with E-state index in [9.17, 15) is 9.59 Å². The molecule has 0 radical (unpaired) electrons. The molecule has 4 aromatic rings. The average molecular weight is 458 g/mol. The Morgan fingerprint density at radius 2 is 1.84 bits per heavy atom. The van der Waals surface area contributed by atoms with E-state index in [1.165, 1.54) is 12.1 Å². The number of H-pyrrole nitrogens is 1. The summed E-state index contributed by atoms with van der Waals surface area (Å²) in [5.74, 6) is 0.382. The minimum atomic E-state index is -0.774. The highest BCUT2D eigenvalue weighted by Crippen LogP contribution is 2.38. The minimum absolute atomic E-state index is 0.150. The maximum atomic E-state index is 12.1. The number of halogens is 2. The molecular weight excluding hydrogens is 441 g/mol. The Kier molecular flexibility index (Phi) is 5.43. The first-order chi connectivity index (χ1) is 14.8. The van der Waals surface area contributed by atoms with E-state index in [-0.39, 0.29) is 27.3 Å². The molecule has 4 rings (SSSR count). The number of rotatable bonds is 4. The lowest BCUT2D eigenvalue weighted by Gasteiger charge is -2.13. The lowest BCUT2D eigenvalue weighted by molar-refractivity contribution is 0.483. The van der Waals surface area contributed by atoms with E-state index in [1.54, 1.807) is 6.07 Å². The van der Waals surface area contributed by atoms with Gasteiger partial charge in [-0.15, -0.1) is 5.10 Å². The van der Waals surface area contributed by atoms with Crippen molar-refractivity contribution in [2.75, 3.05) is 5.73 Å². The number of pyridine rings is 1. The van der Waals surface area contributed by atoms with Crippen molar-refractivity contribution in [2.45, 2.75) is 20.3 Å². The zero-order valence-corrected chi connectivity index (χ0v) is 18.1. The second-order valence-corrected chi connectivity index (χ2v) is 7.67. The van der Waals surface area contributed by atoms with E-state index < -0.39 is 11.2 Å². The van der Waals surface area contributed by atoms with Crippen LogP contribution in [0.25, 0.3) is 16.6 Å². The van der Waals surface area contributed by atoms with E-state index in [2.05, 4.69) is 22.0 Å². The standard InChI is InChI=1S/C21H17Cl2N5O3/c1-3-11-6-10(2)14-9-13(4-5-17(14)25-11)31-18-15(22)7-12(8-16(18)23)28-21(30)26-20(29)19(24)27-28/h4-9H,3H2,1-2H3,(H2,24,27)(H,26,29,30). The number of anilines is 1. The Morgan fingerprint density at radius 3 is 2.52 bits per heavy atom. The molecule has 0 bridgehead atoms. The van der Waals surface area contributed by atoms with Gasteiger partial charge in [0.25, 0.3) is 5.56 Å². The summed E-state index contributed by atoms with van der Waals surface area (Å²) in [7, 11) is 0. The summed E-state index contributed by atoms with van der Waals surface area (Å²) in [6.45, 7) is 4.08. The largest absolute Gasteiger partial charge is 0.454 e. The first-order valence-electron chi connectivity index (χ1n) is 9.33. The molecule has 0 saturated carbocycles. The Labute approximate surface area is 186 Å². The lowest BCUT2D eigenvalue weighted by atomic mass is 10.1. The van der Waals surface area contributed by atoms with Crippen LogP contribution in [0.2, 0.25) is 10.0 Å². The molecule has 2 heterocycles. The summed E-state index contributed by atoms with van der Waals surface area (Å²) in [5.41, 5.74) is 7.15. The molecule has 0 fully saturated rings. The number of nitrogen functional groups attached to an aromatic ring is 1. The van der Waals surface area contributed by atoms with E-state index in [4.69, 9.17) is 33.7 Å². The number of benzene rings is 2. The Morgan fingerprint density at radius 1 is 1.13 bits per heavy atom. The molecule has 0 atom stereocenters. The van der Waals surface area contributed by atoms with Gasteiger partial charge < -0.3 is 10.5 Å². The second-order valence-electron chi connectivity index (χ2n) is 6.86. The van der Waals surface area contributed by atoms with Crippen LogP contribution < -0.4 is 21.7 Å². The fraction of sp³-hybridized carbons (Fsp3) is 0.143. The summed E-state index contributed by atoms with van der Waals surface area (Å²) < 4.78 is 6.84. The molecular formula is C21H17Cl2N5O3. The van der Waals surface area contributed by atoms with Gasteiger partial charge in [0.05, 0.1) is 21.2 Å². The van der Waals surface area contributed by atoms with Crippen molar-refractivity contribution in [1.29, 1.82) is 0 Å². The summed E-state index contributed by atoms with van der Waals surface area (Å²) in [6.07, 6.45) is 0.853. The average Bonchev–Trinajstić information content (AvgIpc) is 2.73. The molecule has 0 aliphatic carbocycles. The monoisotopic (exact) mass is 457 g/mol. The predicted molar refractivity (Wildman–Crippen MR) is 121 cm³/mol. The molecule has 0 aliphatic heterocycles. The van der Waals surface area contributed by atoms with Crippen molar-refractivity contribution in [3.63, 3.8) is 0 Å². The van der Waals surface area contributed by atoms with Crippen molar-refractivity contribution in [2.24, 2.45) is 0 Å². The first-order valence-corrected chi connectivity index (χ1v) is 10.1. The topological polar surface area (TPSA) is 116 Å². The third kappa shape index (κ3) is 3.99. The smallest absolute Gasteiger partial charge is 0.349 e. The predicted octanol–water partition coefficient (Wildman–Crippen LogP) is 4.02. The van der Waals surface area contributed by atoms with Gasteiger partial charge in [-0.2, -0.15) is 4.68 Å². The molecule has 8 nitrogen and oxygen atoms in total. The molecule has 2 aromatic carbocycles.